The zero-order chi connectivity index (χ0) is 14.2. The highest BCUT2D eigenvalue weighted by molar-refractivity contribution is 5.27. The Balaban J connectivity index is 1.68. The molecule has 1 aromatic rings. The van der Waals surface area contributed by atoms with Crippen LogP contribution in [-0.2, 0) is 6.54 Å². The SMILES string of the molecule is CCN1CCC(CNCc2ccc(OCC#N)cc2)C1. The highest BCUT2D eigenvalue weighted by atomic mass is 16.5. The van der Waals surface area contributed by atoms with Crippen molar-refractivity contribution in [1.82, 2.24) is 10.2 Å². The van der Waals surface area contributed by atoms with E-state index in [0.717, 1.165) is 24.8 Å². The molecule has 1 aliphatic heterocycles. The number of nitriles is 1. The lowest BCUT2D eigenvalue weighted by Gasteiger charge is -2.13. The number of nitrogens with one attached hydrogen (secondary N) is 1. The summed E-state index contributed by atoms with van der Waals surface area (Å²) in [6.07, 6.45) is 1.31. The summed E-state index contributed by atoms with van der Waals surface area (Å²) in [5.74, 6) is 1.54. The van der Waals surface area contributed by atoms with E-state index in [2.05, 4.69) is 17.1 Å². The topological polar surface area (TPSA) is 48.3 Å². The van der Waals surface area contributed by atoms with E-state index in [1.807, 2.05) is 30.3 Å². The number of ether oxygens (including phenoxy) is 1. The molecule has 0 aliphatic carbocycles. The largest absolute Gasteiger partial charge is 0.479 e. The second kappa shape index (κ2) is 7.88. The van der Waals surface area contributed by atoms with Crippen molar-refractivity contribution in [2.45, 2.75) is 19.9 Å². The van der Waals surface area contributed by atoms with Gasteiger partial charge in [-0.2, -0.15) is 5.26 Å². The molecular formula is C16H23N3O. The van der Waals surface area contributed by atoms with Crippen molar-refractivity contribution >= 4 is 0 Å². The van der Waals surface area contributed by atoms with Crippen LogP contribution in [0.25, 0.3) is 0 Å². The summed E-state index contributed by atoms with van der Waals surface area (Å²) in [6.45, 7) is 7.95. The van der Waals surface area contributed by atoms with E-state index >= 15 is 0 Å². The van der Waals surface area contributed by atoms with Gasteiger partial charge in [0.2, 0.25) is 0 Å². The first kappa shape index (κ1) is 14.8. The van der Waals surface area contributed by atoms with Crippen LogP contribution in [0.2, 0.25) is 0 Å². The van der Waals surface area contributed by atoms with Gasteiger partial charge in [0.05, 0.1) is 0 Å². The molecule has 1 aliphatic rings. The molecule has 0 radical (unpaired) electrons. The van der Waals surface area contributed by atoms with Crippen LogP contribution in [0, 0.1) is 17.2 Å². The highest BCUT2D eigenvalue weighted by Gasteiger charge is 2.20. The fourth-order valence-electron chi connectivity index (χ4n) is 2.61. The summed E-state index contributed by atoms with van der Waals surface area (Å²) in [4.78, 5) is 2.51. The zero-order valence-corrected chi connectivity index (χ0v) is 12.1. The molecule has 1 heterocycles. The van der Waals surface area contributed by atoms with Gasteiger partial charge in [0, 0.05) is 13.1 Å². The molecule has 4 heteroatoms. The Hall–Kier alpha value is -1.57. The standard InChI is InChI=1S/C16H23N3O/c1-2-19-9-7-15(13-19)12-18-11-14-3-5-16(6-4-14)20-10-8-17/h3-6,15,18H,2,7,9-13H2,1H3. The minimum absolute atomic E-state index is 0.104. The highest BCUT2D eigenvalue weighted by Crippen LogP contribution is 2.15. The molecule has 4 nitrogen and oxygen atoms in total. The third-order valence-electron chi connectivity index (χ3n) is 3.81. The maximum Gasteiger partial charge on any atom is 0.174 e. The van der Waals surface area contributed by atoms with Crippen LogP contribution in [0.15, 0.2) is 24.3 Å². The van der Waals surface area contributed by atoms with E-state index < -0.39 is 0 Å². The van der Waals surface area contributed by atoms with Gasteiger partial charge >= 0.3 is 0 Å². The average Bonchev–Trinajstić information content (AvgIpc) is 2.94. The molecule has 2 rings (SSSR count). The van der Waals surface area contributed by atoms with Crippen LogP contribution in [0.5, 0.6) is 5.75 Å². The van der Waals surface area contributed by atoms with E-state index in [9.17, 15) is 0 Å². The summed E-state index contributed by atoms with van der Waals surface area (Å²) < 4.78 is 5.23. The monoisotopic (exact) mass is 273 g/mol. The van der Waals surface area contributed by atoms with Crippen LogP contribution in [0.1, 0.15) is 18.9 Å². The van der Waals surface area contributed by atoms with E-state index in [0.29, 0.717) is 0 Å². The first-order valence-electron chi connectivity index (χ1n) is 7.33. The third kappa shape index (κ3) is 4.52. The van der Waals surface area contributed by atoms with Crippen molar-refractivity contribution in [3.8, 4) is 11.8 Å². The lowest BCUT2D eigenvalue weighted by atomic mass is 10.1. The van der Waals surface area contributed by atoms with Crippen molar-refractivity contribution in [3.05, 3.63) is 29.8 Å². The second-order valence-corrected chi connectivity index (χ2v) is 5.27. The quantitative estimate of drug-likeness (QED) is 0.825. The summed E-state index contributed by atoms with van der Waals surface area (Å²) in [6, 6.07) is 9.90. The molecule has 1 N–H and O–H groups in total. The summed E-state index contributed by atoms with van der Waals surface area (Å²) >= 11 is 0. The van der Waals surface area contributed by atoms with E-state index in [1.165, 1.54) is 31.6 Å². The molecule has 20 heavy (non-hydrogen) atoms. The smallest absolute Gasteiger partial charge is 0.174 e. The Morgan fingerprint density at radius 2 is 2.20 bits per heavy atom. The van der Waals surface area contributed by atoms with Gasteiger partial charge in [0.25, 0.3) is 0 Å². The van der Waals surface area contributed by atoms with Crippen molar-refractivity contribution in [2.75, 3.05) is 32.8 Å². The normalized spacial score (nSPS) is 18.9. The number of benzene rings is 1. The first-order valence-corrected chi connectivity index (χ1v) is 7.33. The van der Waals surface area contributed by atoms with Crippen LogP contribution in [0.4, 0.5) is 0 Å². The molecule has 1 saturated heterocycles. The zero-order valence-electron chi connectivity index (χ0n) is 12.1. The van der Waals surface area contributed by atoms with Gasteiger partial charge in [-0.1, -0.05) is 19.1 Å². The fourth-order valence-corrected chi connectivity index (χ4v) is 2.61. The van der Waals surface area contributed by atoms with Gasteiger partial charge in [-0.3, -0.25) is 0 Å². The first-order chi connectivity index (χ1) is 9.81. The molecule has 0 bridgehead atoms. The molecule has 0 aromatic heterocycles. The van der Waals surface area contributed by atoms with Crippen LogP contribution >= 0.6 is 0 Å². The summed E-state index contributed by atoms with van der Waals surface area (Å²) in [5.41, 5.74) is 1.25. The molecule has 1 unspecified atom stereocenters. The second-order valence-electron chi connectivity index (χ2n) is 5.27. The van der Waals surface area contributed by atoms with E-state index in [-0.39, 0.29) is 6.61 Å². The number of rotatable bonds is 7. The minimum Gasteiger partial charge on any atom is -0.479 e. The Morgan fingerprint density at radius 3 is 2.85 bits per heavy atom. The molecular weight excluding hydrogens is 250 g/mol. The number of nitrogens with zero attached hydrogens (tertiary/aromatic N) is 2. The lowest BCUT2D eigenvalue weighted by Crippen LogP contribution is -2.26. The molecule has 108 valence electrons. The minimum atomic E-state index is 0.104. The summed E-state index contributed by atoms with van der Waals surface area (Å²) in [5, 5.41) is 12.0. The van der Waals surface area contributed by atoms with Crippen molar-refractivity contribution < 1.29 is 4.74 Å². The molecule has 0 amide bonds. The Morgan fingerprint density at radius 1 is 1.40 bits per heavy atom. The van der Waals surface area contributed by atoms with E-state index in [4.69, 9.17) is 10.00 Å². The maximum absolute atomic E-state index is 8.45. The van der Waals surface area contributed by atoms with E-state index in [1.54, 1.807) is 0 Å². The van der Waals surface area contributed by atoms with Gasteiger partial charge in [-0.15, -0.1) is 0 Å². The molecule has 1 fully saturated rings. The number of hydrogen-bond donors (Lipinski definition) is 1. The van der Waals surface area contributed by atoms with Gasteiger partial charge in [-0.25, -0.2) is 0 Å². The predicted octanol–water partition coefficient (Wildman–Crippen LogP) is 2.02. The van der Waals surface area contributed by atoms with Crippen molar-refractivity contribution in [1.29, 1.82) is 5.26 Å². The molecule has 1 atom stereocenters. The fraction of sp³-hybridized carbons (Fsp3) is 0.562. The average molecular weight is 273 g/mol. The van der Waals surface area contributed by atoms with Crippen molar-refractivity contribution in [2.24, 2.45) is 5.92 Å². The van der Waals surface area contributed by atoms with Gasteiger partial charge < -0.3 is 15.0 Å². The molecule has 1 aromatic carbocycles. The van der Waals surface area contributed by atoms with Gasteiger partial charge in [-0.05, 0) is 49.7 Å². The number of likely N-dealkylation sites (tertiary alicyclic amines) is 1. The Bertz CT molecular complexity index is 438. The van der Waals surface area contributed by atoms with Crippen molar-refractivity contribution in [3.63, 3.8) is 0 Å². The molecule has 0 spiro atoms. The van der Waals surface area contributed by atoms with Crippen LogP contribution < -0.4 is 10.1 Å². The summed E-state index contributed by atoms with van der Waals surface area (Å²) in [7, 11) is 0. The lowest BCUT2D eigenvalue weighted by molar-refractivity contribution is 0.339. The van der Waals surface area contributed by atoms with Crippen LogP contribution in [0.3, 0.4) is 0 Å². The Kier molecular flexibility index (Phi) is 5.85. The molecule has 0 saturated carbocycles. The van der Waals surface area contributed by atoms with Gasteiger partial charge in [0.1, 0.15) is 11.8 Å². The predicted molar refractivity (Wildman–Crippen MR) is 79.5 cm³/mol. The van der Waals surface area contributed by atoms with Gasteiger partial charge in [0.15, 0.2) is 6.61 Å². The maximum atomic E-state index is 8.45. The number of hydrogen-bond acceptors (Lipinski definition) is 4. The third-order valence-corrected chi connectivity index (χ3v) is 3.81. The van der Waals surface area contributed by atoms with Crippen LogP contribution in [-0.4, -0.2) is 37.7 Å². The Labute approximate surface area is 121 Å².